The molecule has 2 saturated heterocycles. The molecule has 1 N–H and O–H groups in total. The summed E-state index contributed by atoms with van der Waals surface area (Å²) in [6.07, 6.45) is 2.70. The summed E-state index contributed by atoms with van der Waals surface area (Å²) in [4.78, 5) is 27.5. The van der Waals surface area contributed by atoms with Crippen LogP contribution in [0.5, 0.6) is 0 Å². The zero-order valence-electron chi connectivity index (χ0n) is 16.7. The lowest BCUT2D eigenvalue weighted by atomic mass is 9.96. The van der Waals surface area contributed by atoms with Crippen molar-refractivity contribution in [2.45, 2.75) is 37.5 Å². The highest BCUT2D eigenvalue weighted by Gasteiger charge is 2.35. The van der Waals surface area contributed by atoms with Gasteiger partial charge in [0.1, 0.15) is 15.5 Å². The second-order valence-electron chi connectivity index (χ2n) is 7.60. The molecule has 2 fully saturated rings. The van der Waals surface area contributed by atoms with Gasteiger partial charge >= 0.3 is 0 Å². The maximum atomic E-state index is 13.0. The van der Waals surface area contributed by atoms with Crippen LogP contribution in [0.2, 0.25) is 0 Å². The van der Waals surface area contributed by atoms with Crippen LogP contribution in [0.3, 0.4) is 0 Å². The topological polar surface area (TPSA) is 113 Å². The number of rotatable bonds is 5. The van der Waals surface area contributed by atoms with Gasteiger partial charge in [0.25, 0.3) is 5.91 Å². The molecule has 2 amide bonds. The van der Waals surface area contributed by atoms with Gasteiger partial charge in [-0.3, -0.25) is 9.59 Å². The summed E-state index contributed by atoms with van der Waals surface area (Å²) in [5.41, 5.74) is 0. The van der Waals surface area contributed by atoms with E-state index in [1.807, 2.05) is 0 Å². The quantitative estimate of drug-likeness (QED) is 0.745. The number of nitrogens with one attached hydrogen (secondary N) is 1. The molecule has 4 rings (SSSR count). The number of aryl methyl sites for hydroxylation is 1. The molecular weight excluding hydrogens is 428 g/mol. The van der Waals surface area contributed by atoms with E-state index in [9.17, 15) is 18.0 Å². The molecular formula is C19H24N4O5S2. The van der Waals surface area contributed by atoms with Crippen LogP contribution >= 0.6 is 11.3 Å². The number of likely N-dealkylation sites (tertiary alicyclic amines) is 1. The molecule has 2 aromatic rings. The molecule has 2 aromatic heterocycles. The van der Waals surface area contributed by atoms with Gasteiger partial charge in [0.2, 0.25) is 15.9 Å². The van der Waals surface area contributed by atoms with E-state index in [0.717, 1.165) is 24.2 Å². The van der Waals surface area contributed by atoms with Crippen molar-refractivity contribution < 1.29 is 22.5 Å². The lowest BCUT2D eigenvalue weighted by molar-refractivity contribution is -0.121. The Bertz CT molecular complexity index is 1030. The maximum Gasteiger partial charge on any atom is 0.265 e. The summed E-state index contributed by atoms with van der Waals surface area (Å²) in [5.74, 6) is 0.326. The van der Waals surface area contributed by atoms with Crippen molar-refractivity contribution in [2.24, 2.45) is 5.92 Å². The van der Waals surface area contributed by atoms with Gasteiger partial charge < -0.3 is 14.7 Å². The lowest BCUT2D eigenvalue weighted by Crippen LogP contribution is -2.41. The molecule has 162 valence electrons. The zero-order valence-corrected chi connectivity index (χ0v) is 18.3. The highest BCUT2D eigenvalue weighted by Crippen LogP contribution is 2.30. The number of carbonyl (C=O) groups excluding carboxylic acids is 2. The first kappa shape index (κ1) is 21.0. The minimum Gasteiger partial charge on any atom is -0.360 e. The van der Waals surface area contributed by atoms with E-state index in [-0.39, 0.29) is 27.5 Å². The summed E-state index contributed by atoms with van der Waals surface area (Å²) >= 11 is 1.15. The molecule has 9 nitrogen and oxygen atoms in total. The van der Waals surface area contributed by atoms with Gasteiger partial charge in [-0.2, -0.15) is 4.31 Å². The van der Waals surface area contributed by atoms with Crippen LogP contribution in [0.4, 0.5) is 5.82 Å². The largest absolute Gasteiger partial charge is 0.360 e. The van der Waals surface area contributed by atoms with E-state index in [0.29, 0.717) is 50.6 Å². The summed E-state index contributed by atoms with van der Waals surface area (Å²) in [6, 6.07) is 3.17. The predicted molar refractivity (Wildman–Crippen MR) is 111 cm³/mol. The smallest absolute Gasteiger partial charge is 0.265 e. The molecule has 0 spiro atoms. The third-order valence-corrected chi connectivity index (χ3v) is 8.51. The lowest BCUT2D eigenvalue weighted by Gasteiger charge is -2.31. The number of anilines is 1. The van der Waals surface area contributed by atoms with Crippen molar-refractivity contribution >= 4 is 39.0 Å². The number of nitrogens with zero attached hydrogens (tertiary/aromatic N) is 3. The minimum atomic E-state index is -3.65. The van der Waals surface area contributed by atoms with Gasteiger partial charge in [0.15, 0.2) is 5.82 Å². The van der Waals surface area contributed by atoms with Crippen LogP contribution in [-0.4, -0.2) is 60.8 Å². The van der Waals surface area contributed by atoms with Gasteiger partial charge in [-0.15, -0.1) is 11.3 Å². The standard InChI is InChI=1S/C19H24N4O5S2/c1-13-12-16(21-28-13)20-18(24)14-4-9-22(10-5-14)19(25)17-15(6-11-29-17)30(26,27)23-7-2-3-8-23/h6,11-12,14H,2-5,7-10H2,1H3,(H,20,21,24). The van der Waals surface area contributed by atoms with E-state index >= 15 is 0 Å². The van der Waals surface area contributed by atoms with Gasteiger partial charge in [-0.05, 0) is 44.1 Å². The minimum absolute atomic E-state index is 0.0978. The number of thiophene rings is 1. The molecule has 0 aliphatic carbocycles. The van der Waals surface area contributed by atoms with Crippen LogP contribution in [-0.2, 0) is 14.8 Å². The Morgan fingerprint density at radius 3 is 2.53 bits per heavy atom. The third kappa shape index (κ3) is 4.14. The molecule has 0 unspecified atom stereocenters. The van der Waals surface area contributed by atoms with Crippen molar-refractivity contribution in [3.63, 3.8) is 0 Å². The molecule has 0 radical (unpaired) electrons. The molecule has 11 heteroatoms. The Kier molecular flexibility index (Phi) is 5.94. The van der Waals surface area contributed by atoms with Gasteiger partial charge in [0, 0.05) is 38.2 Å². The Balaban J connectivity index is 1.39. The van der Waals surface area contributed by atoms with Crippen molar-refractivity contribution in [3.05, 3.63) is 28.2 Å². The van der Waals surface area contributed by atoms with E-state index in [1.54, 1.807) is 23.3 Å². The summed E-state index contributed by atoms with van der Waals surface area (Å²) < 4.78 is 32.2. The van der Waals surface area contributed by atoms with Gasteiger partial charge in [-0.25, -0.2) is 8.42 Å². The predicted octanol–water partition coefficient (Wildman–Crippen LogP) is 2.32. The summed E-state index contributed by atoms with van der Waals surface area (Å²) in [7, 11) is -3.65. The number of hydrogen-bond donors (Lipinski definition) is 1. The van der Waals surface area contributed by atoms with Crippen LogP contribution in [0.1, 0.15) is 41.1 Å². The van der Waals surface area contributed by atoms with E-state index in [4.69, 9.17) is 4.52 Å². The molecule has 2 aliphatic heterocycles. The van der Waals surface area contributed by atoms with Crippen molar-refractivity contribution in [2.75, 3.05) is 31.5 Å². The zero-order chi connectivity index (χ0) is 21.3. The fourth-order valence-electron chi connectivity index (χ4n) is 3.87. The molecule has 30 heavy (non-hydrogen) atoms. The Hall–Kier alpha value is -2.24. The van der Waals surface area contributed by atoms with Crippen molar-refractivity contribution in [3.8, 4) is 0 Å². The Morgan fingerprint density at radius 2 is 1.90 bits per heavy atom. The number of hydrogen-bond acceptors (Lipinski definition) is 7. The van der Waals surface area contributed by atoms with Crippen LogP contribution in [0, 0.1) is 12.8 Å². The van der Waals surface area contributed by atoms with Crippen molar-refractivity contribution in [1.29, 1.82) is 0 Å². The van der Waals surface area contributed by atoms with E-state index in [1.165, 1.54) is 10.4 Å². The first-order valence-electron chi connectivity index (χ1n) is 9.97. The van der Waals surface area contributed by atoms with E-state index in [2.05, 4.69) is 10.5 Å². The molecule has 0 aromatic carbocycles. The molecule has 0 atom stereocenters. The first-order valence-corrected chi connectivity index (χ1v) is 12.3. The number of piperidine rings is 1. The van der Waals surface area contributed by atoms with Gasteiger partial charge in [-0.1, -0.05) is 5.16 Å². The van der Waals surface area contributed by atoms with Gasteiger partial charge in [0.05, 0.1) is 0 Å². The fourth-order valence-corrected chi connectivity index (χ4v) is 6.75. The molecule has 0 saturated carbocycles. The number of sulfonamides is 1. The number of aromatic nitrogens is 1. The highest BCUT2D eigenvalue weighted by atomic mass is 32.2. The van der Waals surface area contributed by atoms with Crippen molar-refractivity contribution in [1.82, 2.24) is 14.4 Å². The van der Waals surface area contributed by atoms with Crippen LogP contribution in [0.15, 0.2) is 26.9 Å². The first-order chi connectivity index (χ1) is 14.4. The SMILES string of the molecule is Cc1cc(NC(=O)C2CCN(C(=O)c3sccc3S(=O)(=O)N3CCCC3)CC2)no1. The number of amides is 2. The molecule has 4 heterocycles. The molecule has 2 aliphatic rings. The van der Waals surface area contributed by atoms with E-state index < -0.39 is 10.0 Å². The molecule has 0 bridgehead atoms. The Morgan fingerprint density at radius 1 is 1.20 bits per heavy atom. The monoisotopic (exact) mass is 452 g/mol. The highest BCUT2D eigenvalue weighted by molar-refractivity contribution is 7.89. The third-order valence-electron chi connectivity index (χ3n) is 5.54. The summed E-state index contributed by atoms with van der Waals surface area (Å²) in [6.45, 7) is 3.54. The fraction of sp³-hybridized carbons (Fsp3) is 0.526. The average Bonchev–Trinajstić information content (AvgIpc) is 3.49. The second kappa shape index (κ2) is 8.48. The average molecular weight is 453 g/mol. The van der Waals surface area contributed by atoms with Crippen LogP contribution in [0.25, 0.3) is 0 Å². The summed E-state index contributed by atoms with van der Waals surface area (Å²) in [5, 5.41) is 8.15. The Labute approximate surface area is 179 Å². The second-order valence-corrected chi connectivity index (χ2v) is 10.4. The number of carbonyl (C=O) groups is 2. The maximum absolute atomic E-state index is 13.0. The van der Waals surface area contributed by atoms with Crippen LogP contribution < -0.4 is 5.32 Å². The normalized spacial score (nSPS) is 18.6.